The second-order valence-electron chi connectivity index (χ2n) is 6.76. The van der Waals surface area contributed by atoms with Gasteiger partial charge in [-0.05, 0) is 57.4 Å². The zero-order valence-electron chi connectivity index (χ0n) is 12.6. The van der Waals surface area contributed by atoms with Crippen molar-refractivity contribution in [2.24, 2.45) is 17.6 Å². The number of hydrogen-bond acceptors (Lipinski definition) is 5. The molecular weight excluding hydrogens is 271 g/mol. The quantitative estimate of drug-likeness (QED) is 0.520. The van der Waals surface area contributed by atoms with Crippen molar-refractivity contribution in [3.8, 4) is 0 Å². The Kier molecular flexibility index (Phi) is 5.65. The predicted molar refractivity (Wildman–Crippen MR) is 80.7 cm³/mol. The van der Waals surface area contributed by atoms with Crippen molar-refractivity contribution in [3.63, 3.8) is 0 Å². The van der Waals surface area contributed by atoms with E-state index in [0.29, 0.717) is 12.8 Å². The number of carboxylic acid groups (broad SMARTS) is 1. The van der Waals surface area contributed by atoms with Crippen LogP contribution in [0.25, 0.3) is 0 Å². The van der Waals surface area contributed by atoms with Gasteiger partial charge in [0.15, 0.2) is 0 Å². The van der Waals surface area contributed by atoms with Gasteiger partial charge in [-0.15, -0.1) is 0 Å². The van der Waals surface area contributed by atoms with Gasteiger partial charge in [0.2, 0.25) is 0 Å². The van der Waals surface area contributed by atoms with Crippen molar-refractivity contribution >= 4 is 13.1 Å². The molecule has 3 atom stereocenters. The third-order valence-electron chi connectivity index (χ3n) is 5.19. The lowest BCUT2D eigenvalue weighted by Gasteiger charge is -2.43. The van der Waals surface area contributed by atoms with Gasteiger partial charge in [0, 0.05) is 12.5 Å². The minimum Gasteiger partial charge on any atom is -0.480 e. The van der Waals surface area contributed by atoms with E-state index in [4.69, 9.17) is 15.8 Å². The second-order valence-corrected chi connectivity index (χ2v) is 6.76. The summed E-state index contributed by atoms with van der Waals surface area (Å²) in [5, 5.41) is 27.5. The highest BCUT2D eigenvalue weighted by molar-refractivity contribution is 6.40. The molecule has 2 aliphatic rings. The maximum atomic E-state index is 11.7. The van der Waals surface area contributed by atoms with Gasteiger partial charge in [0.1, 0.15) is 5.54 Å². The Morgan fingerprint density at radius 1 is 1.29 bits per heavy atom. The number of aliphatic carboxylic acids is 1. The first-order valence-corrected chi connectivity index (χ1v) is 8.02. The van der Waals surface area contributed by atoms with Gasteiger partial charge < -0.3 is 25.8 Å². The molecular formula is C14H27BN2O4. The van der Waals surface area contributed by atoms with Crippen LogP contribution in [0.2, 0.25) is 6.32 Å². The fourth-order valence-corrected chi connectivity index (χ4v) is 3.87. The lowest BCUT2D eigenvalue weighted by molar-refractivity contribution is -0.148. The van der Waals surface area contributed by atoms with Crippen LogP contribution in [0.4, 0.5) is 0 Å². The van der Waals surface area contributed by atoms with E-state index in [1.807, 2.05) is 0 Å². The van der Waals surface area contributed by atoms with Gasteiger partial charge in [0.05, 0.1) is 0 Å². The van der Waals surface area contributed by atoms with E-state index >= 15 is 0 Å². The fourth-order valence-electron chi connectivity index (χ4n) is 3.87. The molecule has 0 spiro atoms. The molecule has 1 aliphatic heterocycles. The van der Waals surface area contributed by atoms with Crippen LogP contribution >= 0.6 is 0 Å². The molecule has 2 rings (SSSR count). The van der Waals surface area contributed by atoms with Crippen LogP contribution in [0.1, 0.15) is 38.5 Å². The number of hydrogen-bond donors (Lipinski definition) is 4. The highest BCUT2D eigenvalue weighted by atomic mass is 16.4. The smallest absolute Gasteiger partial charge is 0.451 e. The van der Waals surface area contributed by atoms with Crippen molar-refractivity contribution in [1.82, 2.24) is 4.90 Å². The van der Waals surface area contributed by atoms with Crippen molar-refractivity contribution in [3.05, 3.63) is 0 Å². The van der Waals surface area contributed by atoms with E-state index in [1.165, 1.54) is 12.8 Å². The number of carboxylic acids is 1. The number of likely N-dealkylation sites (tertiary alicyclic amines) is 1. The third kappa shape index (κ3) is 4.19. The molecule has 0 radical (unpaired) electrons. The number of carbonyl (C=O) groups is 1. The largest absolute Gasteiger partial charge is 0.480 e. The van der Waals surface area contributed by atoms with Crippen molar-refractivity contribution in [2.45, 2.75) is 50.4 Å². The summed E-state index contributed by atoms with van der Waals surface area (Å²) < 4.78 is 0. The van der Waals surface area contributed by atoms with Crippen LogP contribution in [0, 0.1) is 11.8 Å². The van der Waals surface area contributed by atoms with E-state index in [1.54, 1.807) is 0 Å². The summed E-state index contributed by atoms with van der Waals surface area (Å²) >= 11 is 0. The van der Waals surface area contributed by atoms with Crippen LogP contribution < -0.4 is 5.73 Å². The summed E-state index contributed by atoms with van der Waals surface area (Å²) in [6.45, 7) is 2.87. The number of nitrogens with two attached hydrogens (primary N) is 1. The summed E-state index contributed by atoms with van der Waals surface area (Å²) in [6, 6.07) is 0. The predicted octanol–water partition coefficient (Wildman–Crippen LogP) is 0.143. The molecule has 5 N–H and O–H groups in total. The number of nitrogens with zero attached hydrogens (tertiary/aromatic N) is 1. The molecule has 0 aromatic rings. The molecule has 120 valence electrons. The van der Waals surface area contributed by atoms with Crippen molar-refractivity contribution in [2.75, 3.05) is 19.6 Å². The maximum absolute atomic E-state index is 11.7. The summed E-state index contributed by atoms with van der Waals surface area (Å²) in [5.74, 6) is -0.757. The minimum absolute atomic E-state index is 0.0107. The molecule has 0 bridgehead atoms. The Hall–Kier alpha value is -0.625. The van der Waals surface area contributed by atoms with Crippen LogP contribution in [-0.4, -0.2) is 58.3 Å². The molecule has 0 aromatic carbocycles. The first kappa shape index (κ1) is 16.7. The van der Waals surface area contributed by atoms with E-state index < -0.39 is 18.6 Å². The third-order valence-corrected chi connectivity index (χ3v) is 5.19. The van der Waals surface area contributed by atoms with Crippen LogP contribution in [0.5, 0.6) is 0 Å². The monoisotopic (exact) mass is 298 g/mol. The zero-order chi connectivity index (χ0) is 15.5. The average molecular weight is 298 g/mol. The maximum Gasteiger partial charge on any atom is 0.451 e. The summed E-state index contributed by atoms with van der Waals surface area (Å²) in [6.07, 6.45) is 5.47. The highest BCUT2D eigenvalue weighted by Crippen LogP contribution is 2.39. The summed E-state index contributed by atoms with van der Waals surface area (Å²) in [5.41, 5.74) is 5.10. The lowest BCUT2D eigenvalue weighted by atomic mass is 9.66. The minimum atomic E-state index is -1.32. The molecule has 6 nitrogen and oxygen atoms in total. The Morgan fingerprint density at radius 2 is 1.95 bits per heavy atom. The Bertz CT molecular complexity index is 363. The Labute approximate surface area is 126 Å². The first-order valence-electron chi connectivity index (χ1n) is 8.02. The molecule has 1 saturated heterocycles. The molecule has 21 heavy (non-hydrogen) atoms. The molecule has 0 aromatic heterocycles. The highest BCUT2D eigenvalue weighted by Gasteiger charge is 2.47. The molecule has 2 fully saturated rings. The van der Waals surface area contributed by atoms with E-state index in [2.05, 4.69) is 4.90 Å². The van der Waals surface area contributed by atoms with E-state index in [0.717, 1.165) is 32.5 Å². The van der Waals surface area contributed by atoms with Crippen molar-refractivity contribution in [1.29, 1.82) is 0 Å². The molecule has 1 saturated carbocycles. The topological polar surface area (TPSA) is 107 Å². The average Bonchev–Trinajstić information content (AvgIpc) is 2.92. The van der Waals surface area contributed by atoms with E-state index in [9.17, 15) is 9.90 Å². The molecule has 1 heterocycles. The Balaban J connectivity index is 1.97. The molecule has 0 amide bonds. The second kappa shape index (κ2) is 7.09. The van der Waals surface area contributed by atoms with Crippen LogP contribution in [0.15, 0.2) is 0 Å². The van der Waals surface area contributed by atoms with Crippen molar-refractivity contribution < 1.29 is 19.9 Å². The van der Waals surface area contributed by atoms with Crippen LogP contribution in [0.3, 0.4) is 0 Å². The van der Waals surface area contributed by atoms with Gasteiger partial charge in [-0.3, -0.25) is 4.79 Å². The zero-order valence-corrected chi connectivity index (χ0v) is 12.6. The SMILES string of the molecule is N[C@]1(C(=O)O)C[C@H](CCB(O)O)CC[C@@H]1CN1CCCC1. The van der Waals surface area contributed by atoms with Gasteiger partial charge in [-0.1, -0.05) is 6.42 Å². The van der Waals surface area contributed by atoms with Crippen LogP contribution in [-0.2, 0) is 4.79 Å². The number of rotatable bonds is 6. The first-order chi connectivity index (χ1) is 9.91. The van der Waals surface area contributed by atoms with Gasteiger partial charge in [-0.2, -0.15) is 0 Å². The van der Waals surface area contributed by atoms with Gasteiger partial charge >= 0.3 is 13.1 Å². The fraction of sp³-hybridized carbons (Fsp3) is 0.929. The van der Waals surface area contributed by atoms with Gasteiger partial charge in [-0.25, -0.2) is 0 Å². The lowest BCUT2D eigenvalue weighted by Crippen LogP contribution is -2.59. The normalized spacial score (nSPS) is 34.0. The molecule has 7 heteroatoms. The van der Waals surface area contributed by atoms with Gasteiger partial charge in [0.25, 0.3) is 0 Å². The Morgan fingerprint density at radius 3 is 2.52 bits per heavy atom. The summed E-state index contributed by atoms with van der Waals surface area (Å²) in [7, 11) is -1.32. The molecule has 0 unspecified atom stereocenters. The summed E-state index contributed by atoms with van der Waals surface area (Å²) in [4.78, 5) is 14.0. The standard InChI is InChI=1S/C14H27BN2O4/c16-14(13(18)19)9-11(5-6-15(20)21)3-4-12(14)10-17-7-1-2-8-17/h11-12,20-21H,1-10,16H2,(H,18,19)/t11-,12+,14+/m0/s1. The van der Waals surface area contributed by atoms with E-state index in [-0.39, 0.29) is 18.2 Å². The molecule has 1 aliphatic carbocycles.